The molecule has 1 atom stereocenters. The van der Waals surface area contributed by atoms with E-state index in [9.17, 15) is 0 Å². The summed E-state index contributed by atoms with van der Waals surface area (Å²) in [5.74, 6) is 5.68. The first-order chi connectivity index (χ1) is 9.11. The Hall–Kier alpha value is -1.84. The van der Waals surface area contributed by atoms with Gasteiger partial charge in [0, 0.05) is 5.69 Å². The van der Waals surface area contributed by atoms with Crippen molar-refractivity contribution in [2.75, 3.05) is 5.73 Å². The molecule has 0 spiro atoms. The van der Waals surface area contributed by atoms with Crippen molar-refractivity contribution in [2.45, 2.75) is 26.3 Å². The fourth-order valence-corrected chi connectivity index (χ4v) is 2.25. The summed E-state index contributed by atoms with van der Waals surface area (Å²) in [6.07, 6.45) is 0.825. The molecule has 0 radical (unpaired) electrons. The first kappa shape index (κ1) is 13.6. The van der Waals surface area contributed by atoms with Gasteiger partial charge in [-0.05, 0) is 48.6 Å². The van der Waals surface area contributed by atoms with Crippen LogP contribution >= 0.6 is 0 Å². The van der Waals surface area contributed by atoms with Gasteiger partial charge in [-0.1, -0.05) is 36.4 Å². The highest BCUT2D eigenvalue weighted by Crippen LogP contribution is 2.23. The van der Waals surface area contributed by atoms with Gasteiger partial charge in [0.2, 0.25) is 0 Å². The van der Waals surface area contributed by atoms with Crippen molar-refractivity contribution in [1.29, 1.82) is 0 Å². The number of nitrogen functional groups attached to an aromatic ring is 1. The molecule has 1 unspecified atom stereocenters. The zero-order valence-corrected chi connectivity index (χ0v) is 11.5. The number of aryl methyl sites for hydroxylation is 2. The summed E-state index contributed by atoms with van der Waals surface area (Å²) in [6, 6.07) is 14.4. The SMILES string of the molecule is Cc1ccc(CC(NN)c2ccccc2N)cc1C. The highest BCUT2D eigenvalue weighted by molar-refractivity contribution is 5.48. The molecule has 3 heteroatoms. The van der Waals surface area contributed by atoms with E-state index in [0.717, 1.165) is 17.7 Å². The molecule has 3 nitrogen and oxygen atoms in total. The van der Waals surface area contributed by atoms with Crippen LogP contribution in [0.2, 0.25) is 0 Å². The second kappa shape index (κ2) is 5.87. The number of hydrogen-bond acceptors (Lipinski definition) is 3. The molecule has 0 amide bonds. The van der Waals surface area contributed by atoms with Crippen LogP contribution in [0.5, 0.6) is 0 Å². The van der Waals surface area contributed by atoms with Gasteiger partial charge in [0.15, 0.2) is 0 Å². The van der Waals surface area contributed by atoms with E-state index in [1.807, 2.05) is 24.3 Å². The first-order valence-electron chi connectivity index (χ1n) is 6.48. The van der Waals surface area contributed by atoms with Crippen LogP contribution in [0.25, 0.3) is 0 Å². The van der Waals surface area contributed by atoms with Gasteiger partial charge in [-0.3, -0.25) is 11.3 Å². The van der Waals surface area contributed by atoms with Crippen molar-refractivity contribution in [2.24, 2.45) is 5.84 Å². The van der Waals surface area contributed by atoms with Crippen LogP contribution in [0.15, 0.2) is 42.5 Å². The van der Waals surface area contributed by atoms with Crippen LogP contribution < -0.4 is 17.0 Å². The largest absolute Gasteiger partial charge is 0.398 e. The summed E-state index contributed by atoms with van der Waals surface area (Å²) in [6.45, 7) is 4.24. The van der Waals surface area contributed by atoms with E-state index >= 15 is 0 Å². The summed E-state index contributed by atoms with van der Waals surface area (Å²) in [5, 5.41) is 0. The first-order valence-corrected chi connectivity index (χ1v) is 6.48. The van der Waals surface area contributed by atoms with Gasteiger partial charge in [0.05, 0.1) is 6.04 Å². The van der Waals surface area contributed by atoms with Crippen molar-refractivity contribution < 1.29 is 0 Å². The molecule has 0 aliphatic rings. The molecule has 0 bridgehead atoms. The smallest absolute Gasteiger partial charge is 0.0520 e. The number of benzene rings is 2. The number of rotatable bonds is 4. The predicted octanol–water partition coefficient (Wildman–Crippen LogP) is 2.63. The molecule has 2 aromatic carbocycles. The van der Waals surface area contributed by atoms with Crippen LogP contribution in [0.3, 0.4) is 0 Å². The van der Waals surface area contributed by atoms with Gasteiger partial charge >= 0.3 is 0 Å². The minimum atomic E-state index is 0.0308. The Morgan fingerprint density at radius 2 is 1.79 bits per heavy atom. The Balaban J connectivity index is 2.24. The van der Waals surface area contributed by atoms with Crippen LogP contribution in [0.1, 0.15) is 28.3 Å². The third-order valence-electron chi connectivity index (χ3n) is 3.58. The quantitative estimate of drug-likeness (QED) is 0.447. The Morgan fingerprint density at radius 1 is 1.05 bits per heavy atom. The normalized spacial score (nSPS) is 12.4. The number of para-hydroxylation sites is 1. The molecule has 0 heterocycles. The maximum atomic E-state index is 6.01. The van der Waals surface area contributed by atoms with E-state index in [0.29, 0.717) is 0 Å². The van der Waals surface area contributed by atoms with E-state index in [-0.39, 0.29) is 6.04 Å². The fraction of sp³-hybridized carbons (Fsp3) is 0.250. The van der Waals surface area contributed by atoms with E-state index in [1.54, 1.807) is 0 Å². The van der Waals surface area contributed by atoms with E-state index < -0.39 is 0 Å². The molecule has 0 aliphatic heterocycles. The zero-order valence-electron chi connectivity index (χ0n) is 11.5. The van der Waals surface area contributed by atoms with E-state index in [2.05, 4.69) is 37.5 Å². The molecule has 5 N–H and O–H groups in total. The molecular formula is C16H21N3. The van der Waals surface area contributed by atoms with Crippen molar-refractivity contribution in [3.8, 4) is 0 Å². The second-order valence-corrected chi connectivity index (χ2v) is 4.97. The summed E-state index contributed by atoms with van der Waals surface area (Å²) in [5.41, 5.74) is 14.6. The monoisotopic (exact) mass is 255 g/mol. The Kier molecular flexibility index (Phi) is 4.20. The third kappa shape index (κ3) is 3.13. The lowest BCUT2D eigenvalue weighted by Gasteiger charge is -2.18. The lowest BCUT2D eigenvalue weighted by Crippen LogP contribution is -2.30. The molecule has 0 fully saturated rings. The number of hydrogen-bond donors (Lipinski definition) is 3. The van der Waals surface area contributed by atoms with Crippen LogP contribution in [-0.2, 0) is 6.42 Å². The number of nitrogens with one attached hydrogen (secondary N) is 1. The van der Waals surface area contributed by atoms with Crippen LogP contribution in [0.4, 0.5) is 5.69 Å². The number of anilines is 1. The zero-order chi connectivity index (χ0) is 13.8. The van der Waals surface area contributed by atoms with E-state index in [4.69, 9.17) is 11.6 Å². The Labute approximate surface area is 114 Å². The average molecular weight is 255 g/mol. The minimum Gasteiger partial charge on any atom is -0.398 e. The molecule has 0 saturated heterocycles. The highest BCUT2D eigenvalue weighted by atomic mass is 15.2. The van der Waals surface area contributed by atoms with Gasteiger partial charge in [0.25, 0.3) is 0 Å². The summed E-state index contributed by atoms with van der Waals surface area (Å²) < 4.78 is 0. The van der Waals surface area contributed by atoms with Gasteiger partial charge in [-0.15, -0.1) is 0 Å². The molecule has 0 aromatic heterocycles. The molecule has 2 aromatic rings. The van der Waals surface area contributed by atoms with Crippen LogP contribution in [0, 0.1) is 13.8 Å². The summed E-state index contributed by atoms with van der Waals surface area (Å²) in [4.78, 5) is 0. The van der Waals surface area contributed by atoms with Crippen LogP contribution in [-0.4, -0.2) is 0 Å². The molecular weight excluding hydrogens is 234 g/mol. The molecule has 0 aliphatic carbocycles. The number of nitrogens with two attached hydrogens (primary N) is 2. The summed E-state index contributed by atoms with van der Waals surface area (Å²) >= 11 is 0. The van der Waals surface area contributed by atoms with Gasteiger partial charge in [-0.25, -0.2) is 0 Å². The fourth-order valence-electron chi connectivity index (χ4n) is 2.25. The van der Waals surface area contributed by atoms with E-state index in [1.165, 1.54) is 16.7 Å². The average Bonchev–Trinajstić information content (AvgIpc) is 2.41. The molecule has 0 saturated carbocycles. The standard InChI is InChI=1S/C16H21N3/c1-11-7-8-13(9-12(11)2)10-16(19-18)14-5-3-4-6-15(14)17/h3-9,16,19H,10,17-18H2,1-2H3. The molecule has 19 heavy (non-hydrogen) atoms. The Morgan fingerprint density at radius 3 is 2.42 bits per heavy atom. The minimum absolute atomic E-state index is 0.0308. The lowest BCUT2D eigenvalue weighted by molar-refractivity contribution is 0.553. The maximum Gasteiger partial charge on any atom is 0.0520 e. The van der Waals surface area contributed by atoms with Crippen molar-refractivity contribution >= 4 is 5.69 Å². The predicted molar refractivity (Wildman–Crippen MR) is 80.5 cm³/mol. The summed E-state index contributed by atoms with van der Waals surface area (Å²) in [7, 11) is 0. The maximum absolute atomic E-state index is 6.01. The second-order valence-electron chi connectivity index (χ2n) is 4.97. The van der Waals surface area contributed by atoms with Gasteiger partial charge in [-0.2, -0.15) is 0 Å². The van der Waals surface area contributed by atoms with Crippen molar-refractivity contribution in [3.05, 3.63) is 64.7 Å². The molecule has 100 valence electrons. The highest BCUT2D eigenvalue weighted by Gasteiger charge is 2.13. The molecule has 2 rings (SSSR count). The lowest BCUT2D eigenvalue weighted by atomic mass is 9.96. The number of hydrazine groups is 1. The van der Waals surface area contributed by atoms with Gasteiger partial charge < -0.3 is 5.73 Å². The van der Waals surface area contributed by atoms with Crippen molar-refractivity contribution in [1.82, 2.24) is 5.43 Å². The third-order valence-corrected chi connectivity index (χ3v) is 3.58. The van der Waals surface area contributed by atoms with Crippen molar-refractivity contribution in [3.63, 3.8) is 0 Å². The topological polar surface area (TPSA) is 64.1 Å². The Bertz CT molecular complexity index is 564. The van der Waals surface area contributed by atoms with Gasteiger partial charge in [0.1, 0.15) is 0 Å².